The van der Waals surface area contributed by atoms with Crippen LogP contribution in [0.3, 0.4) is 0 Å². The van der Waals surface area contributed by atoms with Crippen molar-refractivity contribution in [1.29, 1.82) is 0 Å². The summed E-state index contributed by atoms with van der Waals surface area (Å²) >= 11 is 0. The summed E-state index contributed by atoms with van der Waals surface area (Å²) in [5.74, 6) is -0.980. The molecule has 37 heavy (non-hydrogen) atoms. The zero-order valence-electron chi connectivity index (χ0n) is 20.7. The molecule has 1 saturated heterocycles. The lowest BCUT2D eigenvalue weighted by Crippen LogP contribution is -2.51. The van der Waals surface area contributed by atoms with Crippen molar-refractivity contribution in [3.05, 3.63) is 107 Å². The Hall–Kier alpha value is -3.62. The van der Waals surface area contributed by atoms with Crippen molar-refractivity contribution in [1.82, 2.24) is 14.7 Å². The molecule has 4 rings (SSSR count). The number of hydrogen-bond donors (Lipinski definition) is 0. The van der Waals surface area contributed by atoms with Gasteiger partial charge in [-0.3, -0.25) is 14.5 Å². The molecule has 3 aromatic carbocycles. The van der Waals surface area contributed by atoms with Gasteiger partial charge in [0.25, 0.3) is 5.91 Å². The molecular formula is C29H31F2N3O3. The molecule has 0 saturated carbocycles. The number of nitrogens with zero attached hydrogens (tertiary/aromatic N) is 3. The maximum atomic E-state index is 13.4. The minimum absolute atomic E-state index is 0.0278. The van der Waals surface area contributed by atoms with Crippen LogP contribution in [0.4, 0.5) is 8.78 Å². The lowest BCUT2D eigenvalue weighted by atomic mass is 10.1. The molecule has 0 spiro atoms. The van der Waals surface area contributed by atoms with Crippen LogP contribution in [0.5, 0.6) is 0 Å². The molecule has 1 fully saturated rings. The smallest absolute Gasteiger partial charge is 0.254 e. The predicted octanol–water partition coefficient (Wildman–Crippen LogP) is 3.97. The first-order valence-corrected chi connectivity index (χ1v) is 12.4. The minimum atomic E-state index is -0.403. The summed E-state index contributed by atoms with van der Waals surface area (Å²) in [6, 6.07) is 21.3. The average molecular weight is 508 g/mol. The van der Waals surface area contributed by atoms with Crippen LogP contribution >= 0.6 is 0 Å². The normalized spacial score (nSPS) is 13.9. The largest absolute Gasteiger partial charge is 0.367 e. The van der Waals surface area contributed by atoms with Crippen LogP contribution in [0.25, 0.3) is 0 Å². The van der Waals surface area contributed by atoms with Crippen molar-refractivity contribution in [3.8, 4) is 0 Å². The molecule has 0 aromatic heterocycles. The van der Waals surface area contributed by atoms with E-state index in [0.717, 1.165) is 11.1 Å². The van der Waals surface area contributed by atoms with Gasteiger partial charge in [-0.2, -0.15) is 0 Å². The van der Waals surface area contributed by atoms with E-state index in [9.17, 15) is 18.4 Å². The Bertz CT molecular complexity index is 1150. The van der Waals surface area contributed by atoms with Gasteiger partial charge < -0.3 is 14.5 Å². The minimum Gasteiger partial charge on any atom is -0.367 e. The number of halogens is 2. The fourth-order valence-corrected chi connectivity index (χ4v) is 4.24. The Balaban J connectivity index is 1.27. The summed E-state index contributed by atoms with van der Waals surface area (Å²) in [7, 11) is 0. The van der Waals surface area contributed by atoms with Crippen molar-refractivity contribution in [3.63, 3.8) is 0 Å². The highest BCUT2D eigenvalue weighted by Gasteiger charge is 2.23. The van der Waals surface area contributed by atoms with Gasteiger partial charge >= 0.3 is 0 Å². The second-order valence-electron chi connectivity index (χ2n) is 9.06. The highest BCUT2D eigenvalue weighted by molar-refractivity contribution is 5.94. The Labute approximate surface area is 216 Å². The van der Waals surface area contributed by atoms with Gasteiger partial charge in [0.05, 0.1) is 6.61 Å². The zero-order chi connectivity index (χ0) is 26.0. The number of rotatable bonds is 10. The summed E-state index contributed by atoms with van der Waals surface area (Å²) in [4.78, 5) is 31.4. The maximum Gasteiger partial charge on any atom is 0.254 e. The van der Waals surface area contributed by atoms with Crippen LogP contribution in [-0.2, 0) is 22.7 Å². The number of amides is 2. The Morgan fingerprint density at radius 3 is 2.05 bits per heavy atom. The van der Waals surface area contributed by atoms with E-state index in [-0.39, 0.29) is 24.2 Å². The molecule has 0 aliphatic carbocycles. The highest BCUT2D eigenvalue weighted by atomic mass is 19.1. The van der Waals surface area contributed by atoms with Crippen LogP contribution in [0.1, 0.15) is 21.5 Å². The highest BCUT2D eigenvalue weighted by Crippen LogP contribution is 2.13. The molecule has 0 radical (unpaired) electrons. The van der Waals surface area contributed by atoms with Crippen LogP contribution < -0.4 is 0 Å². The Morgan fingerprint density at radius 2 is 1.41 bits per heavy atom. The van der Waals surface area contributed by atoms with Gasteiger partial charge in [0.15, 0.2) is 0 Å². The van der Waals surface area contributed by atoms with Crippen molar-refractivity contribution in [2.24, 2.45) is 0 Å². The number of carbonyl (C=O) groups is 2. The SMILES string of the molecule is O=C(COCc1ccccc1)N1CCN(CCN(Cc2ccc(F)cc2)C(=O)c2ccc(F)cc2)CC1. The fourth-order valence-electron chi connectivity index (χ4n) is 4.24. The molecular weight excluding hydrogens is 476 g/mol. The second kappa shape index (κ2) is 13.1. The standard InChI is InChI=1S/C29H31F2N3O3/c30-26-10-6-23(7-11-26)20-34(29(36)25-8-12-27(31)13-9-25)19-16-32-14-17-33(18-15-32)28(35)22-37-21-24-4-2-1-3-5-24/h1-13H,14-22H2. The van der Waals surface area contributed by atoms with Crippen molar-refractivity contribution < 1.29 is 23.1 Å². The van der Waals surface area contributed by atoms with Crippen LogP contribution in [0.15, 0.2) is 78.9 Å². The van der Waals surface area contributed by atoms with Crippen molar-refractivity contribution in [2.45, 2.75) is 13.2 Å². The Morgan fingerprint density at radius 1 is 0.784 bits per heavy atom. The van der Waals surface area contributed by atoms with Gasteiger partial charge in [-0.05, 0) is 47.5 Å². The third-order valence-corrected chi connectivity index (χ3v) is 6.41. The number of ether oxygens (including phenoxy) is 1. The summed E-state index contributed by atoms with van der Waals surface area (Å²) in [6.45, 7) is 4.41. The molecule has 0 atom stereocenters. The molecule has 194 valence electrons. The van der Waals surface area contributed by atoms with E-state index in [4.69, 9.17) is 4.74 Å². The zero-order valence-corrected chi connectivity index (χ0v) is 20.7. The molecule has 3 aromatic rings. The monoisotopic (exact) mass is 507 g/mol. The molecule has 8 heteroatoms. The summed E-state index contributed by atoms with van der Waals surface area (Å²) < 4.78 is 32.3. The molecule has 0 N–H and O–H groups in total. The number of benzene rings is 3. The quantitative estimate of drug-likeness (QED) is 0.417. The van der Waals surface area contributed by atoms with E-state index in [0.29, 0.717) is 58.0 Å². The van der Waals surface area contributed by atoms with Gasteiger partial charge in [-0.15, -0.1) is 0 Å². The van der Waals surface area contributed by atoms with Gasteiger partial charge in [-0.1, -0.05) is 42.5 Å². The third-order valence-electron chi connectivity index (χ3n) is 6.41. The maximum absolute atomic E-state index is 13.4. The van der Waals surface area contributed by atoms with Gasteiger partial charge in [0.1, 0.15) is 18.2 Å². The molecule has 6 nitrogen and oxygen atoms in total. The first-order valence-electron chi connectivity index (χ1n) is 12.4. The van der Waals surface area contributed by atoms with Crippen LogP contribution in [0, 0.1) is 11.6 Å². The summed E-state index contributed by atoms with van der Waals surface area (Å²) in [5, 5.41) is 0. The second-order valence-corrected chi connectivity index (χ2v) is 9.06. The Kier molecular flexibility index (Phi) is 9.35. The first-order chi connectivity index (χ1) is 18.0. The molecule has 0 unspecified atom stereocenters. The topological polar surface area (TPSA) is 53.1 Å². The van der Waals surface area contributed by atoms with E-state index in [1.165, 1.54) is 36.4 Å². The third kappa shape index (κ3) is 7.93. The summed E-state index contributed by atoms with van der Waals surface area (Å²) in [6.07, 6.45) is 0. The van der Waals surface area contributed by atoms with E-state index < -0.39 is 5.82 Å². The first kappa shape index (κ1) is 26.4. The van der Waals surface area contributed by atoms with Crippen molar-refractivity contribution >= 4 is 11.8 Å². The van der Waals surface area contributed by atoms with E-state index in [1.54, 1.807) is 21.9 Å². The lowest BCUT2D eigenvalue weighted by Gasteiger charge is -2.36. The van der Waals surface area contributed by atoms with Gasteiger partial charge in [0, 0.05) is 51.4 Å². The molecule has 1 aliphatic heterocycles. The fraction of sp³-hybridized carbons (Fsp3) is 0.310. The summed E-state index contributed by atoms with van der Waals surface area (Å²) in [5.41, 5.74) is 2.23. The molecule has 2 amide bonds. The van der Waals surface area contributed by atoms with Gasteiger partial charge in [0.2, 0.25) is 5.91 Å². The lowest BCUT2D eigenvalue weighted by molar-refractivity contribution is -0.138. The predicted molar refractivity (Wildman–Crippen MR) is 137 cm³/mol. The number of piperazine rings is 1. The average Bonchev–Trinajstić information content (AvgIpc) is 2.93. The van der Waals surface area contributed by atoms with Crippen molar-refractivity contribution in [2.75, 3.05) is 45.9 Å². The van der Waals surface area contributed by atoms with E-state index in [1.807, 2.05) is 30.3 Å². The molecule has 1 heterocycles. The van der Waals surface area contributed by atoms with Crippen LogP contribution in [0.2, 0.25) is 0 Å². The number of hydrogen-bond acceptors (Lipinski definition) is 4. The number of carbonyl (C=O) groups excluding carboxylic acids is 2. The van der Waals surface area contributed by atoms with Gasteiger partial charge in [-0.25, -0.2) is 8.78 Å². The van der Waals surface area contributed by atoms with E-state index >= 15 is 0 Å². The molecule has 0 bridgehead atoms. The molecule has 1 aliphatic rings. The van der Waals surface area contributed by atoms with E-state index in [2.05, 4.69) is 4.90 Å². The van der Waals surface area contributed by atoms with Crippen LogP contribution in [-0.4, -0.2) is 72.4 Å².